The van der Waals surface area contributed by atoms with E-state index >= 15 is 0 Å². The molecule has 0 saturated carbocycles. The van der Waals surface area contributed by atoms with Crippen molar-refractivity contribution in [2.75, 3.05) is 4.90 Å². The van der Waals surface area contributed by atoms with Crippen LogP contribution in [0.1, 0.15) is 40.0 Å². The van der Waals surface area contributed by atoms with Gasteiger partial charge in [0.15, 0.2) is 0 Å². The molecule has 0 radical (unpaired) electrons. The van der Waals surface area contributed by atoms with E-state index in [1.165, 1.54) is 23.4 Å². The van der Waals surface area contributed by atoms with Crippen molar-refractivity contribution in [3.05, 3.63) is 118 Å². The molecule has 1 aliphatic rings. The lowest BCUT2D eigenvalue weighted by Crippen LogP contribution is -2.42. The van der Waals surface area contributed by atoms with E-state index in [4.69, 9.17) is 0 Å². The first-order valence-electron chi connectivity index (χ1n) is 10.2. The van der Waals surface area contributed by atoms with E-state index in [-0.39, 0.29) is 23.3 Å². The van der Waals surface area contributed by atoms with Crippen LogP contribution in [-0.4, -0.2) is 25.6 Å². The Morgan fingerprint density at radius 1 is 0.875 bits per heavy atom. The summed E-state index contributed by atoms with van der Waals surface area (Å²) in [5.41, 5.74) is 1.76. The molecule has 1 aromatic heterocycles. The van der Waals surface area contributed by atoms with Gasteiger partial charge in [-0.05, 0) is 23.6 Å². The number of hydrogen-bond donors (Lipinski definition) is 0. The minimum atomic E-state index is -0.536. The van der Waals surface area contributed by atoms with Gasteiger partial charge in [-0.2, -0.15) is 10.1 Å². The van der Waals surface area contributed by atoms with Crippen molar-refractivity contribution in [1.82, 2.24) is 14.8 Å². The minimum Gasteiger partial charge on any atom is -0.269 e. The Morgan fingerprint density at radius 3 is 2.12 bits per heavy atom. The number of nitro benzene ring substituents is 1. The molecule has 0 unspecified atom stereocenters. The van der Waals surface area contributed by atoms with Crippen LogP contribution in [0.2, 0.25) is 0 Å². The Morgan fingerprint density at radius 2 is 1.47 bits per heavy atom. The van der Waals surface area contributed by atoms with Crippen LogP contribution in [0, 0.1) is 10.1 Å². The van der Waals surface area contributed by atoms with E-state index in [0.29, 0.717) is 12.4 Å². The fourth-order valence-electron chi connectivity index (χ4n) is 4.28. The van der Waals surface area contributed by atoms with Crippen molar-refractivity contribution in [3.63, 3.8) is 0 Å². The zero-order valence-corrected chi connectivity index (χ0v) is 17.0. The summed E-state index contributed by atoms with van der Waals surface area (Å²) in [7, 11) is 0. The molecule has 32 heavy (non-hydrogen) atoms. The van der Waals surface area contributed by atoms with Crippen LogP contribution >= 0.6 is 0 Å². The first-order valence-corrected chi connectivity index (χ1v) is 10.2. The molecular weight excluding hydrogens is 406 g/mol. The summed E-state index contributed by atoms with van der Waals surface area (Å²) in [6, 6.07) is 25.1. The van der Waals surface area contributed by atoms with Gasteiger partial charge in [0.25, 0.3) is 11.6 Å². The molecule has 2 heterocycles. The number of para-hydroxylation sites is 1. The van der Waals surface area contributed by atoms with E-state index in [1.54, 1.807) is 16.8 Å². The second kappa shape index (κ2) is 8.07. The maximum atomic E-state index is 13.8. The normalized spacial score (nSPS) is 17.6. The zero-order chi connectivity index (χ0) is 22.1. The Balaban J connectivity index is 1.67. The summed E-state index contributed by atoms with van der Waals surface area (Å²) >= 11 is 0. The molecule has 0 N–H and O–H groups in total. The number of rotatable bonds is 4. The van der Waals surface area contributed by atoms with Crippen molar-refractivity contribution in [1.29, 1.82) is 0 Å². The Labute approximate surface area is 183 Å². The quantitative estimate of drug-likeness (QED) is 0.353. The second-order valence-electron chi connectivity index (χ2n) is 7.54. The highest BCUT2D eigenvalue weighted by Gasteiger charge is 2.41. The van der Waals surface area contributed by atoms with Gasteiger partial charge in [0, 0.05) is 6.07 Å². The monoisotopic (exact) mass is 425 g/mol. The van der Waals surface area contributed by atoms with Crippen molar-refractivity contribution in [2.24, 2.45) is 0 Å². The minimum absolute atomic E-state index is 0.0196. The number of aromatic nitrogens is 3. The van der Waals surface area contributed by atoms with E-state index in [2.05, 4.69) is 10.1 Å². The number of carbonyl (C=O) groups excluding carboxylic acids is 1. The summed E-state index contributed by atoms with van der Waals surface area (Å²) in [6.45, 7) is 0. The van der Waals surface area contributed by atoms with E-state index in [1.807, 2.05) is 60.7 Å². The molecule has 1 aliphatic heterocycles. The molecule has 0 aliphatic carbocycles. The third kappa shape index (κ3) is 3.31. The molecule has 4 aromatic rings. The number of nitro groups is 1. The molecule has 0 saturated heterocycles. The maximum Gasteiger partial charge on any atom is 0.282 e. The van der Waals surface area contributed by atoms with Crippen LogP contribution in [0.4, 0.5) is 11.6 Å². The zero-order valence-electron chi connectivity index (χ0n) is 17.0. The number of carbonyl (C=O) groups is 1. The first-order chi connectivity index (χ1) is 15.6. The fourth-order valence-corrected chi connectivity index (χ4v) is 4.28. The van der Waals surface area contributed by atoms with Crippen molar-refractivity contribution >= 4 is 17.5 Å². The Kier molecular flexibility index (Phi) is 4.95. The SMILES string of the molecule is O=C(c1ccccc1[N+](=O)[O-])N1c2ncnn2[C@H](c2ccccc2)C[C@@H]1c1ccccc1. The third-order valence-electron chi connectivity index (χ3n) is 5.74. The van der Waals surface area contributed by atoms with Crippen molar-refractivity contribution < 1.29 is 9.72 Å². The van der Waals surface area contributed by atoms with E-state index < -0.39 is 10.8 Å². The highest BCUT2D eigenvalue weighted by atomic mass is 16.6. The number of nitrogens with zero attached hydrogens (tertiary/aromatic N) is 5. The number of amides is 1. The number of hydrogen-bond acceptors (Lipinski definition) is 5. The first kappa shape index (κ1) is 19.6. The Hall–Kier alpha value is -4.33. The third-order valence-corrected chi connectivity index (χ3v) is 5.74. The van der Waals surface area contributed by atoms with Crippen LogP contribution in [0.5, 0.6) is 0 Å². The molecule has 1 amide bonds. The van der Waals surface area contributed by atoms with Gasteiger partial charge >= 0.3 is 0 Å². The van der Waals surface area contributed by atoms with Crippen LogP contribution in [0.25, 0.3) is 0 Å². The fraction of sp³-hybridized carbons (Fsp3) is 0.125. The number of fused-ring (bicyclic) bond motifs is 1. The standard InChI is InChI=1S/C24H19N5O3/c30-23(19-13-7-8-14-20(19)29(31)32)27-21(17-9-3-1-4-10-17)15-22(18-11-5-2-6-12-18)28-24(27)25-16-26-28/h1-14,16,21-22H,15H2/t21-,22+/m1/s1. The van der Waals surface area contributed by atoms with Gasteiger partial charge in [-0.1, -0.05) is 72.8 Å². The lowest BCUT2D eigenvalue weighted by Gasteiger charge is -2.39. The van der Waals surface area contributed by atoms with Gasteiger partial charge in [-0.25, -0.2) is 4.68 Å². The van der Waals surface area contributed by atoms with Crippen LogP contribution < -0.4 is 4.90 Å². The molecule has 8 nitrogen and oxygen atoms in total. The molecule has 3 aromatic carbocycles. The van der Waals surface area contributed by atoms with E-state index in [9.17, 15) is 14.9 Å². The molecule has 158 valence electrons. The largest absolute Gasteiger partial charge is 0.282 e. The molecule has 0 spiro atoms. The molecule has 2 atom stereocenters. The van der Waals surface area contributed by atoms with Gasteiger partial charge in [-0.15, -0.1) is 0 Å². The van der Waals surface area contributed by atoms with Crippen molar-refractivity contribution in [2.45, 2.75) is 18.5 Å². The van der Waals surface area contributed by atoms with Crippen LogP contribution in [0.3, 0.4) is 0 Å². The van der Waals surface area contributed by atoms with Crippen LogP contribution in [-0.2, 0) is 0 Å². The van der Waals surface area contributed by atoms with Gasteiger partial charge in [-0.3, -0.25) is 19.8 Å². The number of benzene rings is 3. The van der Waals surface area contributed by atoms with Gasteiger partial charge in [0.05, 0.1) is 17.0 Å². The summed E-state index contributed by atoms with van der Waals surface area (Å²) < 4.78 is 1.72. The van der Waals surface area contributed by atoms with Gasteiger partial charge in [0.2, 0.25) is 5.95 Å². The lowest BCUT2D eigenvalue weighted by molar-refractivity contribution is -0.385. The average molecular weight is 425 g/mol. The summed E-state index contributed by atoms with van der Waals surface area (Å²) in [5.74, 6) is -0.117. The molecular formula is C24H19N5O3. The highest BCUT2D eigenvalue weighted by molar-refractivity contribution is 6.08. The highest BCUT2D eigenvalue weighted by Crippen LogP contribution is 2.42. The molecule has 5 rings (SSSR count). The summed E-state index contributed by atoms with van der Waals surface area (Å²) in [4.78, 5) is 30.7. The topological polar surface area (TPSA) is 94.2 Å². The smallest absolute Gasteiger partial charge is 0.269 e. The predicted molar refractivity (Wildman–Crippen MR) is 118 cm³/mol. The molecule has 0 fully saturated rings. The second-order valence-corrected chi connectivity index (χ2v) is 7.54. The number of anilines is 1. The van der Waals surface area contributed by atoms with Gasteiger partial charge in [0.1, 0.15) is 11.9 Å². The van der Waals surface area contributed by atoms with Gasteiger partial charge < -0.3 is 0 Å². The van der Waals surface area contributed by atoms with Crippen LogP contribution in [0.15, 0.2) is 91.3 Å². The van der Waals surface area contributed by atoms with E-state index in [0.717, 1.165) is 11.1 Å². The maximum absolute atomic E-state index is 13.8. The van der Waals surface area contributed by atoms with Crippen molar-refractivity contribution in [3.8, 4) is 0 Å². The summed E-state index contributed by atoms with van der Waals surface area (Å²) in [5, 5.41) is 16.0. The molecule has 8 heteroatoms. The molecule has 0 bridgehead atoms. The average Bonchev–Trinajstić information content (AvgIpc) is 3.33. The summed E-state index contributed by atoms with van der Waals surface area (Å²) in [6.07, 6.45) is 1.97. The predicted octanol–water partition coefficient (Wildman–Crippen LogP) is 4.57. The Bertz CT molecular complexity index is 1270. The lowest BCUT2D eigenvalue weighted by atomic mass is 9.91.